The maximum absolute atomic E-state index is 14.3. The summed E-state index contributed by atoms with van der Waals surface area (Å²) in [7, 11) is 1.56. The third kappa shape index (κ3) is 5.54. The Labute approximate surface area is 227 Å². The van der Waals surface area contributed by atoms with Crippen LogP contribution in [-0.2, 0) is 0 Å². The summed E-state index contributed by atoms with van der Waals surface area (Å²) in [6, 6.07) is 21.4. The number of carbonyl (C=O) groups excluding carboxylic acids is 2. The Morgan fingerprint density at radius 2 is 1.66 bits per heavy atom. The summed E-state index contributed by atoms with van der Waals surface area (Å²) in [5.41, 5.74) is 1.52. The number of hydrogen-bond acceptors (Lipinski definition) is 4. The summed E-state index contributed by atoms with van der Waals surface area (Å²) < 4.78 is 19.7. The van der Waals surface area contributed by atoms with Crippen LogP contribution in [0.1, 0.15) is 38.7 Å². The average molecular weight is 536 g/mol. The summed E-state index contributed by atoms with van der Waals surface area (Å²) in [4.78, 5) is 30.3. The molecule has 2 unspecified atom stereocenters. The van der Waals surface area contributed by atoms with E-state index in [0.717, 1.165) is 31.6 Å². The van der Waals surface area contributed by atoms with Gasteiger partial charge < -0.3 is 19.9 Å². The number of benzene rings is 3. The molecule has 198 valence electrons. The highest BCUT2D eigenvalue weighted by atomic mass is 35.5. The number of nitrogens with one attached hydrogen (secondary N) is 1. The second-order valence-electron chi connectivity index (χ2n) is 10.0. The van der Waals surface area contributed by atoms with Crippen LogP contribution in [-0.4, -0.2) is 61.4 Å². The normalized spacial score (nSPS) is 19.7. The zero-order chi connectivity index (χ0) is 26.6. The van der Waals surface area contributed by atoms with Gasteiger partial charge in [0.2, 0.25) is 0 Å². The molecule has 0 aromatic heterocycles. The van der Waals surface area contributed by atoms with Gasteiger partial charge in [-0.05, 0) is 48.1 Å². The SMILES string of the molecule is COc1ccccc1C(=O)NC(CCN1CC2CN(C(=O)c3c(F)cccc3Cl)C[C@@H]2C1)c1ccccc1. The molecule has 8 heteroatoms. The minimum Gasteiger partial charge on any atom is -0.496 e. The van der Waals surface area contributed by atoms with Gasteiger partial charge in [-0.1, -0.05) is 60.1 Å². The molecule has 0 radical (unpaired) electrons. The van der Waals surface area contributed by atoms with E-state index in [1.807, 2.05) is 42.5 Å². The van der Waals surface area contributed by atoms with Gasteiger partial charge in [0.25, 0.3) is 11.8 Å². The van der Waals surface area contributed by atoms with Crippen LogP contribution >= 0.6 is 11.6 Å². The van der Waals surface area contributed by atoms with E-state index in [9.17, 15) is 14.0 Å². The second kappa shape index (κ2) is 11.5. The number of methoxy groups -OCH3 is 1. The van der Waals surface area contributed by atoms with Crippen molar-refractivity contribution in [2.45, 2.75) is 12.5 Å². The van der Waals surface area contributed by atoms with Crippen molar-refractivity contribution < 1.29 is 18.7 Å². The lowest BCUT2D eigenvalue weighted by Crippen LogP contribution is -2.35. The summed E-state index contributed by atoms with van der Waals surface area (Å²) >= 11 is 6.13. The highest BCUT2D eigenvalue weighted by molar-refractivity contribution is 6.33. The van der Waals surface area contributed by atoms with Gasteiger partial charge in [-0.2, -0.15) is 0 Å². The molecule has 2 aliphatic heterocycles. The number of likely N-dealkylation sites (tertiary alicyclic amines) is 2. The molecule has 2 amide bonds. The first kappa shape index (κ1) is 26.2. The number of halogens is 2. The van der Waals surface area contributed by atoms with Crippen molar-refractivity contribution in [3.05, 3.63) is 100 Å². The standard InChI is InChI=1S/C30H31ClFN3O3/c1-38-27-13-6-5-10-23(27)29(36)33-26(20-8-3-2-4-9-20)14-15-34-16-21-18-35(19-22(21)17-34)30(37)28-24(31)11-7-12-25(28)32/h2-13,21-22,26H,14-19H2,1H3,(H,33,36)/t21-,22?,26?/m0/s1. The zero-order valence-electron chi connectivity index (χ0n) is 21.3. The van der Waals surface area contributed by atoms with Gasteiger partial charge in [0.1, 0.15) is 11.6 Å². The molecule has 3 aromatic carbocycles. The minimum atomic E-state index is -0.580. The molecule has 1 N–H and O–H groups in total. The summed E-state index contributed by atoms with van der Waals surface area (Å²) in [5, 5.41) is 3.35. The highest BCUT2D eigenvalue weighted by Gasteiger charge is 2.42. The summed E-state index contributed by atoms with van der Waals surface area (Å²) in [6.45, 7) is 3.73. The first-order valence-electron chi connectivity index (χ1n) is 12.9. The number of hydrogen-bond donors (Lipinski definition) is 1. The fourth-order valence-corrected chi connectivity index (χ4v) is 5.93. The third-order valence-electron chi connectivity index (χ3n) is 7.62. The van der Waals surface area contributed by atoms with Gasteiger partial charge in [0.15, 0.2) is 0 Å². The quantitative estimate of drug-likeness (QED) is 0.438. The number of ether oxygens (including phenoxy) is 1. The van der Waals surface area contributed by atoms with E-state index < -0.39 is 5.82 Å². The van der Waals surface area contributed by atoms with E-state index >= 15 is 0 Å². The predicted molar refractivity (Wildman–Crippen MR) is 145 cm³/mol. The Hall–Kier alpha value is -3.42. The third-order valence-corrected chi connectivity index (χ3v) is 7.93. The molecule has 38 heavy (non-hydrogen) atoms. The number of amides is 2. The van der Waals surface area contributed by atoms with Gasteiger partial charge in [-0.3, -0.25) is 9.59 Å². The maximum atomic E-state index is 14.3. The maximum Gasteiger partial charge on any atom is 0.258 e. The lowest BCUT2D eigenvalue weighted by Gasteiger charge is -2.25. The van der Waals surface area contributed by atoms with Crippen molar-refractivity contribution in [3.63, 3.8) is 0 Å². The molecule has 2 aliphatic rings. The Bertz CT molecular complexity index is 1270. The average Bonchev–Trinajstić information content (AvgIpc) is 3.50. The van der Waals surface area contributed by atoms with Crippen LogP contribution in [0.3, 0.4) is 0 Å². The van der Waals surface area contributed by atoms with Crippen LogP contribution < -0.4 is 10.1 Å². The fraction of sp³-hybridized carbons (Fsp3) is 0.333. The topological polar surface area (TPSA) is 61.9 Å². The number of para-hydroxylation sites is 1. The molecule has 6 nitrogen and oxygen atoms in total. The Morgan fingerprint density at radius 3 is 2.34 bits per heavy atom. The smallest absolute Gasteiger partial charge is 0.258 e. The van der Waals surface area contributed by atoms with Crippen LogP contribution in [0.5, 0.6) is 5.75 Å². The van der Waals surface area contributed by atoms with Gasteiger partial charge in [-0.25, -0.2) is 4.39 Å². The second-order valence-corrected chi connectivity index (χ2v) is 10.4. The number of fused-ring (bicyclic) bond motifs is 1. The summed E-state index contributed by atoms with van der Waals surface area (Å²) in [6.07, 6.45) is 0.748. The van der Waals surface area contributed by atoms with E-state index in [1.165, 1.54) is 12.1 Å². The van der Waals surface area contributed by atoms with E-state index in [2.05, 4.69) is 10.2 Å². The molecular weight excluding hydrogens is 505 g/mol. The van der Waals surface area contributed by atoms with Gasteiger partial charge >= 0.3 is 0 Å². The lowest BCUT2D eigenvalue weighted by atomic mass is 10.0. The van der Waals surface area contributed by atoms with E-state index in [4.69, 9.17) is 16.3 Å². The summed E-state index contributed by atoms with van der Waals surface area (Å²) in [5.74, 6) is 0.127. The largest absolute Gasteiger partial charge is 0.496 e. The van der Waals surface area contributed by atoms with Crippen molar-refractivity contribution >= 4 is 23.4 Å². The molecular formula is C30H31ClFN3O3. The van der Waals surface area contributed by atoms with Crippen molar-refractivity contribution in [1.82, 2.24) is 15.1 Å². The van der Waals surface area contributed by atoms with Gasteiger partial charge in [0, 0.05) is 32.7 Å². The molecule has 2 saturated heterocycles. The molecule has 0 aliphatic carbocycles. The molecule has 2 heterocycles. The van der Waals surface area contributed by atoms with Gasteiger partial charge in [0.05, 0.1) is 29.3 Å². The van der Waals surface area contributed by atoms with Crippen molar-refractivity contribution in [1.29, 1.82) is 0 Å². The zero-order valence-corrected chi connectivity index (χ0v) is 22.0. The predicted octanol–water partition coefficient (Wildman–Crippen LogP) is 5.05. The highest BCUT2D eigenvalue weighted by Crippen LogP contribution is 2.34. The number of nitrogens with zero attached hydrogens (tertiary/aromatic N) is 2. The monoisotopic (exact) mass is 535 g/mol. The van der Waals surface area contributed by atoms with Crippen molar-refractivity contribution in [2.75, 3.05) is 39.8 Å². The first-order valence-corrected chi connectivity index (χ1v) is 13.3. The Kier molecular flexibility index (Phi) is 7.95. The van der Waals surface area contributed by atoms with Crippen molar-refractivity contribution in [2.24, 2.45) is 11.8 Å². The van der Waals surface area contributed by atoms with E-state index in [-0.39, 0.29) is 28.4 Å². The Balaban J connectivity index is 1.20. The molecule has 0 bridgehead atoms. The fourth-order valence-electron chi connectivity index (χ4n) is 5.69. The molecule has 0 saturated carbocycles. The lowest BCUT2D eigenvalue weighted by molar-refractivity contribution is 0.0769. The van der Waals surface area contributed by atoms with E-state index in [0.29, 0.717) is 36.2 Å². The van der Waals surface area contributed by atoms with E-state index in [1.54, 1.807) is 30.2 Å². The van der Waals surface area contributed by atoms with Crippen LogP contribution in [0.25, 0.3) is 0 Å². The molecule has 3 atom stereocenters. The number of rotatable bonds is 8. The molecule has 0 spiro atoms. The van der Waals surface area contributed by atoms with Crippen LogP contribution in [0, 0.1) is 17.7 Å². The molecule has 5 rings (SSSR count). The minimum absolute atomic E-state index is 0.0394. The van der Waals surface area contributed by atoms with Crippen LogP contribution in [0.4, 0.5) is 4.39 Å². The molecule has 2 fully saturated rings. The molecule has 3 aromatic rings. The number of carbonyl (C=O) groups is 2. The Morgan fingerprint density at radius 1 is 0.974 bits per heavy atom. The van der Waals surface area contributed by atoms with Crippen LogP contribution in [0.2, 0.25) is 5.02 Å². The first-order chi connectivity index (χ1) is 18.4. The van der Waals surface area contributed by atoms with Crippen molar-refractivity contribution in [3.8, 4) is 5.75 Å². The van der Waals surface area contributed by atoms with Crippen LogP contribution in [0.15, 0.2) is 72.8 Å². The van der Waals surface area contributed by atoms with Gasteiger partial charge in [-0.15, -0.1) is 0 Å².